The summed E-state index contributed by atoms with van der Waals surface area (Å²) in [7, 11) is 1.74. The first kappa shape index (κ1) is 27.2. The Morgan fingerprint density at radius 1 is 0.951 bits per heavy atom. The van der Waals surface area contributed by atoms with Crippen LogP contribution >= 0.6 is 23.8 Å². The minimum Gasteiger partial charge on any atom is -0.378 e. The number of fused-ring (bicyclic) bond motifs is 2. The maximum absolute atomic E-state index is 13.7. The number of carbonyl (C=O) groups is 1. The van der Waals surface area contributed by atoms with Crippen LogP contribution in [0.25, 0.3) is 10.8 Å². The summed E-state index contributed by atoms with van der Waals surface area (Å²) in [6.07, 6.45) is -0.945. The van der Waals surface area contributed by atoms with Gasteiger partial charge in [-0.25, -0.2) is 4.99 Å². The van der Waals surface area contributed by atoms with Crippen molar-refractivity contribution in [2.45, 2.75) is 13.1 Å². The number of amides is 1. The first-order valence-corrected chi connectivity index (χ1v) is 14.3. The predicted octanol–water partition coefficient (Wildman–Crippen LogP) is 5.76. The van der Waals surface area contributed by atoms with Crippen molar-refractivity contribution < 1.29 is 9.53 Å². The van der Waals surface area contributed by atoms with Gasteiger partial charge in [0.1, 0.15) is 0 Å². The van der Waals surface area contributed by atoms with Crippen molar-refractivity contribution in [3.63, 3.8) is 0 Å². The molecule has 1 fully saturated rings. The molecule has 1 atom stereocenters. The van der Waals surface area contributed by atoms with Gasteiger partial charge in [0.25, 0.3) is 5.91 Å². The number of ether oxygens (including phenoxy) is 1. The number of rotatable bonds is 4. The summed E-state index contributed by atoms with van der Waals surface area (Å²) in [5.74, 6) is -0.228. The fraction of sp³-hybridized carbons (Fsp3) is 0.219. The molecule has 208 valence electrons. The second kappa shape index (κ2) is 11.5. The minimum atomic E-state index is -0.945. The smallest absolute Gasteiger partial charge is 0.272 e. The summed E-state index contributed by atoms with van der Waals surface area (Å²) in [6.45, 7) is 5.16. The predicted molar refractivity (Wildman–Crippen MR) is 172 cm³/mol. The van der Waals surface area contributed by atoms with E-state index in [-0.39, 0.29) is 5.91 Å². The lowest BCUT2D eigenvalue weighted by Crippen LogP contribution is -2.47. The van der Waals surface area contributed by atoms with Gasteiger partial charge in [0.15, 0.2) is 5.11 Å². The lowest BCUT2D eigenvalue weighted by Gasteiger charge is -2.30. The van der Waals surface area contributed by atoms with Crippen molar-refractivity contribution in [2.75, 3.05) is 48.5 Å². The van der Waals surface area contributed by atoms with Gasteiger partial charge in [-0.3, -0.25) is 4.79 Å². The number of morpholine rings is 1. The van der Waals surface area contributed by atoms with Crippen molar-refractivity contribution in [2.24, 2.45) is 4.99 Å². The van der Waals surface area contributed by atoms with E-state index in [0.29, 0.717) is 29.1 Å². The number of nitrogens with one attached hydrogen (secondary N) is 2. The molecule has 0 bridgehead atoms. The third kappa shape index (κ3) is 5.38. The molecule has 7 nitrogen and oxygen atoms in total. The molecule has 0 spiro atoms. The number of nitrogens with zero attached hydrogens (tertiary/aromatic N) is 3. The highest BCUT2D eigenvalue weighted by molar-refractivity contribution is 7.80. The van der Waals surface area contributed by atoms with Crippen LogP contribution in [0.15, 0.2) is 83.9 Å². The van der Waals surface area contributed by atoms with Crippen molar-refractivity contribution >= 4 is 68.4 Å². The van der Waals surface area contributed by atoms with Crippen LogP contribution in [0.4, 0.5) is 17.1 Å². The molecular formula is C32H30ClN5O2S. The van der Waals surface area contributed by atoms with Gasteiger partial charge in [-0.2, -0.15) is 0 Å². The molecular weight excluding hydrogens is 554 g/mol. The van der Waals surface area contributed by atoms with Crippen molar-refractivity contribution in [1.82, 2.24) is 5.32 Å². The van der Waals surface area contributed by atoms with Crippen LogP contribution < -0.4 is 20.4 Å². The summed E-state index contributed by atoms with van der Waals surface area (Å²) < 4.78 is 5.55. The summed E-state index contributed by atoms with van der Waals surface area (Å²) in [5, 5.41) is 9.55. The summed E-state index contributed by atoms with van der Waals surface area (Å²) in [4.78, 5) is 22.6. The summed E-state index contributed by atoms with van der Waals surface area (Å²) in [5.41, 5.74) is 6.18. The Hall–Kier alpha value is -3.98. The zero-order valence-corrected chi connectivity index (χ0v) is 24.4. The van der Waals surface area contributed by atoms with E-state index >= 15 is 0 Å². The van der Waals surface area contributed by atoms with Crippen LogP contribution in [-0.4, -0.2) is 56.2 Å². The van der Waals surface area contributed by atoms with Gasteiger partial charge in [-0.05, 0) is 55.0 Å². The van der Waals surface area contributed by atoms with E-state index in [1.54, 1.807) is 18.0 Å². The molecule has 2 aliphatic heterocycles. The highest BCUT2D eigenvalue weighted by Crippen LogP contribution is 2.34. The maximum atomic E-state index is 13.7. The second-order valence-corrected chi connectivity index (χ2v) is 11.0. The van der Waals surface area contributed by atoms with Gasteiger partial charge >= 0.3 is 0 Å². The molecule has 0 aliphatic carbocycles. The molecule has 2 heterocycles. The first-order valence-electron chi connectivity index (χ1n) is 13.5. The number of anilines is 3. The highest BCUT2D eigenvalue weighted by Gasteiger charge is 2.31. The molecule has 1 saturated heterocycles. The molecule has 9 heteroatoms. The van der Waals surface area contributed by atoms with E-state index in [9.17, 15) is 4.79 Å². The fourth-order valence-electron chi connectivity index (χ4n) is 5.45. The monoisotopic (exact) mass is 583 g/mol. The topological polar surface area (TPSA) is 69.2 Å². The van der Waals surface area contributed by atoms with Crippen LogP contribution in [0.1, 0.15) is 16.7 Å². The van der Waals surface area contributed by atoms with E-state index in [1.165, 1.54) is 0 Å². The van der Waals surface area contributed by atoms with Gasteiger partial charge < -0.3 is 25.2 Å². The lowest BCUT2D eigenvalue weighted by atomic mass is 9.97. The van der Waals surface area contributed by atoms with Gasteiger partial charge in [0.05, 0.1) is 24.6 Å². The second-order valence-electron chi connectivity index (χ2n) is 10.1. The van der Waals surface area contributed by atoms with Gasteiger partial charge in [-0.1, -0.05) is 60.1 Å². The molecule has 4 aromatic rings. The Labute approximate surface area is 249 Å². The Bertz CT molecular complexity index is 1680. The van der Waals surface area contributed by atoms with Crippen LogP contribution in [0.5, 0.6) is 0 Å². The summed E-state index contributed by atoms with van der Waals surface area (Å²) >= 11 is 12.2. The molecule has 2 aliphatic rings. The van der Waals surface area contributed by atoms with Gasteiger partial charge in [0.2, 0.25) is 6.17 Å². The van der Waals surface area contributed by atoms with Crippen molar-refractivity contribution in [3.8, 4) is 0 Å². The Morgan fingerprint density at radius 3 is 2.44 bits per heavy atom. The van der Waals surface area contributed by atoms with Crippen LogP contribution in [-0.2, 0) is 9.53 Å². The first-order chi connectivity index (χ1) is 19.9. The van der Waals surface area contributed by atoms with Crippen LogP contribution in [0, 0.1) is 6.92 Å². The number of halogens is 1. The molecule has 1 unspecified atom stereocenters. The number of aryl methyl sites for hydroxylation is 1. The highest BCUT2D eigenvalue weighted by atomic mass is 35.5. The molecule has 4 aromatic carbocycles. The van der Waals surface area contributed by atoms with Crippen LogP contribution in [0.3, 0.4) is 0 Å². The van der Waals surface area contributed by atoms with Crippen molar-refractivity contribution in [1.29, 1.82) is 0 Å². The number of hydrogen-bond acceptors (Lipinski definition) is 5. The van der Waals surface area contributed by atoms with Crippen LogP contribution in [0.2, 0.25) is 5.02 Å². The molecule has 0 aromatic heterocycles. The molecule has 6 rings (SSSR count). The number of benzodiazepines with no additional fused rings is 1. The standard InChI is InChI=1S/C32H30ClN5O2S/c1-20-7-3-4-8-22(20)29-25-19-21(33)11-13-27(25)37(2)31(39)30(35-29)36-32(41)34-26-12-14-28(38-15-17-40-18-16-38)24-10-6-5-9-23(24)26/h3-14,19,30H,15-18H2,1-2H3,(H2,34,36,41). The maximum Gasteiger partial charge on any atom is 0.272 e. The zero-order chi connectivity index (χ0) is 28.5. The number of carbonyl (C=O) groups excluding carboxylic acids is 1. The third-order valence-electron chi connectivity index (χ3n) is 7.57. The average Bonchev–Trinajstić information content (AvgIpc) is 3.08. The van der Waals surface area contributed by atoms with Crippen molar-refractivity contribution in [3.05, 3.63) is 101 Å². The zero-order valence-electron chi connectivity index (χ0n) is 22.9. The average molecular weight is 584 g/mol. The Kier molecular flexibility index (Phi) is 7.62. The van der Waals surface area contributed by atoms with E-state index in [1.807, 2.05) is 61.5 Å². The Morgan fingerprint density at radius 2 is 1.66 bits per heavy atom. The Balaban J connectivity index is 1.33. The number of likely N-dealkylation sites (N-methyl/N-ethyl adjacent to an activating group) is 1. The normalized spacial score (nSPS) is 17.1. The SMILES string of the molecule is Cc1ccccc1C1=NC(NC(=S)Nc2ccc(N3CCOCC3)c3ccccc23)C(=O)N(C)c2ccc(Cl)cc21. The van der Waals surface area contributed by atoms with E-state index in [2.05, 4.69) is 33.7 Å². The fourth-order valence-corrected chi connectivity index (χ4v) is 5.84. The number of hydrogen-bond donors (Lipinski definition) is 2. The molecule has 2 N–H and O–H groups in total. The quantitative estimate of drug-likeness (QED) is 0.298. The van der Waals surface area contributed by atoms with Gasteiger partial charge in [-0.15, -0.1) is 0 Å². The lowest BCUT2D eigenvalue weighted by molar-refractivity contribution is -0.119. The van der Waals surface area contributed by atoms with E-state index in [0.717, 1.165) is 57.6 Å². The molecule has 1 amide bonds. The molecule has 0 radical (unpaired) electrons. The van der Waals surface area contributed by atoms with Gasteiger partial charge in [0, 0.05) is 58.4 Å². The number of benzene rings is 4. The third-order valence-corrected chi connectivity index (χ3v) is 8.02. The molecule has 41 heavy (non-hydrogen) atoms. The van der Waals surface area contributed by atoms with E-state index < -0.39 is 6.17 Å². The largest absolute Gasteiger partial charge is 0.378 e. The molecule has 0 saturated carbocycles. The number of aliphatic imine (C=N–C) groups is 1. The van der Waals surface area contributed by atoms with E-state index in [4.69, 9.17) is 33.5 Å². The minimum absolute atomic E-state index is 0.228. The summed E-state index contributed by atoms with van der Waals surface area (Å²) in [6, 6.07) is 25.8. The number of thiocarbonyl (C=S) groups is 1.